The fourth-order valence-electron chi connectivity index (χ4n) is 1.78. The molecule has 0 aliphatic heterocycles. The lowest BCUT2D eigenvalue weighted by molar-refractivity contribution is -0.143. The molecule has 1 aromatic heterocycles. The summed E-state index contributed by atoms with van der Waals surface area (Å²) in [6, 6.07) is 0.663. The second kappa shape index (κ2) is 5.84. The van der Waals surface area contributed by atoms with Crippen LogP contribution >= 0.6 is 0 Å². The lowest BCUT2D eigenvalue weighted by Crippen LogP contribution is -2.38. The van der Waals surface area contributed by atoms with Gasteiger partial charge in [0.15, 0.2) is 0 Å². The molecule has 1 fully saturated rings. The van der Waals surface area contributed by atoms with Crippen LogP contribution in [0.15, 0.2) is 23.4 Å². The quantitative estimate of drug-likeness (QED) is 0.731. The average molecular weight is 302 g/mol. The number of nitrogens with zero attached hydrogens (tertiary/aromatic N) is 2. The zero-order chi connectivity index (χ0) is 14.8. The van der Waals surface area contributed by atoms with Crippen LogP contribution in [0, 0.1) is 5.82 Å². The Morgan fingerprint density at radius 3 is 2.75 bits per heavy atom. The highest BCUT2D eigenvalue weighted by atomic mass is 32.2. The first-order chi connectivity index (χ1) is 9.45. The van der Waals surface area contributed by atoms with Crippen LogP contribution in [0.2, 0.25) is 0 Å². The number of pyridine rings is 1. The van der Waals surface area contributed by atoms with E-state index in [-0.39, 0.29) is 24.1 Å². The van der Waals surface area contributed by atoms with E-state index in [1.165, 1.54) is 0 Å². The number of hydrogen-bond acceptors (Lipinski definition) is 5. The van der Waals surface area contributed by atoms with Crippen LogP contribution in [0.5, 0.6) is 0 Å². The molecule has 1 aliphatic rings. The van der Waals surface area contributed by atoms with Crippen molar-refractivity contribution in [1.29, 1.82) is 0 Å². The molecule has 0 saturated heterocycles. The molecule has 1 aliphatic carbocycles. The number of hydrogen-bond donors (Lipinski definition) is 0. The molecule has 0 bridgehead atoms. The van der Waals surface area contributed by atoms with E-state index in [2.05, 4.69) is 4.98 Å². The average Bonchev–Trinajstić information content (AvgIpc) is 3.20. The fourth-order valence-corrected chi connectivity index (χ4v) is 3.38. The van der Waals surface area contributed by atoms with Crippen LogP contribution in [0.25, 0.3) is 0 Å². The van der Waals surface area contributed by atoms with Crippen molar-refractivity contribution in [2.75, 3.05) is 13.2 Å². The van der Waals surface area contributed by atoms with Crippen LogP contribution in [0.4, 0.5) is 4.39 Å². The van der Waals surface area contributed by atoms with E-state index in [1.807, 2.05) is 0 Å². The first-order valence-corrected chi connectivity index (χ1v) is 7.67. The Hall–Kier alpha value is -1.54. The zero-order valence-corrected chi connectivity index (χ0v) is 11.8. The van der Waals surface area contributed by atoms with Gasteiger partial charge in [-0.05, 0) is 25.8 Å². The monoisotopic (exact) mass is 302 g/mol. The molecule has 0 amide bonds. The summed E-state index contributed by atoms with van der Waals surface area (Å²) in [5, 5.41) is 0. The summed E-state index contributed by atoms with van der Waals surface area (Å²) < 4.78 is 43.8. The Morgan fingerprint density at radius 1 is 1.50 bits per heavy atom. The maximum atomic E-state index is 13.1. The first kappa shape index (κ1) is 14.9. The summed E-state index contributed by atoms with van der Waals surface area (Å²) in [7, 11) is -3.94. The Balaban J connectivity index is 2.26. The van der Waals surface area contributed by atoms with Crippen molar-refractivity contribution in [2.24, 2.45) is 0 Å². The summed E-state index contributed by atoms with van der Waals surface area (Å²) in [4.78, 5) is 14.8. The van der Waals surface area contributed by atoms with Gasteiger partial charge in [-0.2, -0.15) is 4.31 Å². The topological polar surface area (TPSA) is 76.6 Å². The standard InChI is InChI=1S/C12H15FN2O4S/c1-2-19-12(16)8-15(10-3-4-10)20(17,18)11-5-9(13)6-14-7-11/h5-7,10H,2-4,8H2,1H3. The molecule has 0 N–H and O–H groups in total. The second-order valence-electron chi connectivity index (χ2n) is 4.43. The van der Waals surface area contributed by atoms with Gasteiger partial charge in [-0.25, -0.2) is 12.8 Å². The maximum Gasteiger partial charge on any atom is 0.321 e. The molecule has 6 nitrogen and oxygen atoms in total. The molecular formula is C12H15FN2O4S. The highest BCUT2D eigenvalue weighted by Crippen LogP contribution is 2.31. The van der Waals surface area contributed by atoms with E-state index in [4.69, 9.17) is 4.74 Å². The molecule has 0 unspecified atom stereocenters. The van der Waals surface area contributed by atoms with Gasteiger partial charge in [0.25, 0.3) is 0 Å². The highest BCUT2D eigenvalue weighted by Gasteiger charge is 2.39. The lowest BCUT2D eigenvalue weighted by atomic mass is 10.5. The van der Waals surface area contributed by atoms with Gasteiger partial charge in [-0.3, -0.25) is 9.78 Å². The molecule has 1 heterocycles. The molecule has 1 aromatic rings. The minimum Gasteiger partial charge on any atom is -0.465 e. The van der Waals surface area contributed by atoms with Crippen LogP contribution in [0.1, 0.15) is 19.8 Å². The number of carbonyl (C=O) groups excluding carboxylic acids is 1. The van der Waals surface area contributed by atoms with Crippen molar-refractivity contribution in [3.63, 3.8) is 0 Å². The van der Waals surface area contributed by atoms with Crippen LogP contribution in [-0.2, 0) is 19.6 Å². The number of ether oxygens (including phenoxy) is 1. The number of rotatable bonds is 6. The normalized spacial score (nSPS) is 15.3. The largest absolute Gasteiger partial charge is 0.465 e. The lowest BCUT2D eigenvalue weighted by Gasteiger charge is -2.20. The summed E-state index contributed by atoms with van der Waals surface area (Å²) in [6.07, 6.45) is 3.35. The fraction of sp³-hybridized carbons (Fsp3) is 0.500. The predicted molar refractivity (Wildman–Crippen MR) is 67.7 cm³/mol. The Bertz CT molecular complexity index is 601. The van der Waals surface area contributed by atoms with Crippen molar-refractivity contribution in [3.8, 4) is 0 Å². The first-order valence-electron chi connectivity index (χ1n) is 6.23. The number of esters is 1. The third-order valence-corrected chi connectivity index (χ3v) is 4.69. The number of sulfonamides is 1. The van der Waals surface area contributed by atoms with E-state index in [0.29, 0.717) is 12.8 Å². The van der Waals surface area contributed by atoms with Gasteiger partial charge in [0.2, 0.25) is 10.0 Å². The summed E-state index contributed by atoms with van der Waals surface area (Å²) in [5.74, 6) is -1.36. The SMILES string of the molecule is CCOC(=O)CN(C1CC1)S(=O)(=O)c1cncc(F)c1. The van der Waals surface area contributed by atoms with Crippen molar-refractivity contribution in [1.82, 2.24) is 9.29 Å². The molecule has 0 spiro atoms. The van der Waals surface area contributed by atoms with E-state index in [0.717, 1.165) is 22.8 Å². The molecule has 1 saturated carbocycles. The summed E-state index contributed by atoms with van der Waals surface area (Å²) in [6.45, 7) is 1.46. The van der Waals surface area contributed by atoms with Crippen LogP contribution in [-0.4, -0.2) is 42.9 Å². The maximum absolute atomic E-state index is 13.1. The van der Waals surface area contributed by atoms with Crippen molar-refractivity contribution in [3.05, 3.63) is 24.3 Å². The highest BCUT2D eigenvalue weighted by molar-refractivity contribution is 7.89. The molecule has 8 heteroatoms. The van der Waals surface area contributed by atoms with Gasteiger partial charge in [0.05, 0.1) is 12.8 Å². The smallest absolute Gasteiger partial charge is 0.321 e. The van der Waals surface area contributed by atoms with Gasteiger partial charge >= 0.3 is 5.97 Å². The van der Waals surface area contributed by atoms with Crippen molar-refractivity contribution in [2.45, 2.75) is 30.7 Å². The number of carbonyl (C=O) groups is 1. The molecular weight excluding hydrogens is 287 g/mol. The van der Waals surface area contributed by atoms with E-state index in [1.54, 1.807) is 6.92 Å². The van der Waals surface area contributed by atoms with E-state index >= 15 is 0 Å². The van der Waals surface area contributed by atoms with Gasteiger partial charge in [-0.1, -0.05) is 0 Å². The van der Waals surface area contributed by atoms with Crippen LogP contribution < -0.4 is 0 Å². The van der Waals surface area contributed by atoms with Gasteiger partial charge in [0, 0.05) is 12.2 Å². The Kier molecular flexibility index (Phi) is 4.34. The van der Waals surface area contributed by atoms with Gasteiger partial charge in [-0.15, -0.1) is 0 Å². The number of halogens is 1. The second-order valence-corrected chi connectivity index (χ2v) is 6.32. The molecule has 110 valence electrons. The third kappa shape index (κ3) is 3.31. The number of aromatic nitrogens is 1. The Morgan fingerprint density at radius 2 is 2.20 bits per heavy atom. The molecule has 2 rings (SSSR count). The predicted octanol–water partition coefficient (Wildman–Crippen LogP) is 0.937. The minimum absolute atomic E-state index is 0.179. The van der Waals surface area contributed by atoms with Crippen molar-refractivity contribution < 1.29 is 22.3 Å². The molecule has 0 aromatic carbocycles. The summed E-state index contributed by atoms with van der Waals surface area (Å²) in [5.41, 5.74) is 0. The zero-order valence-electron chi connectivity index (χ0n) is 11.0. The Labute approximate surface area is 116 Å². The minimum atomic E-state index is -3.94. The molecule has 0 atom stereocenters. The molecule has 0 radical (unpaired) electrons. The van der Waals surface area contributed by atoms with Gasteiger partial charge in [0.1, 0.15) is 17.3 Å². The summed E-state index contributed by atoms with van der Waals surface area (Å²) >= 11 is 0. The molecule has 20 heavy (non-hydrogen) atoms. The van der Waals surface area contributed by atoms with Gasteiger partial charge < -0.3 is 4.74 Å². The van der Waals surface area contributed by atoms with Crippen LogP contribution in [0.3, 0.4) is 0 Å². The van der Waals surface area contributed by atoms with E-state index in [9.17, 15) is 17.6 Å². The van der Waals surface area contributed by atoms with E-state index < -0.39 is 21.8 Å². The third-order valence-electron chi connectivity index (χ3n) is 2.83. The van der Waals surface area contributed by atoms with Crippen molar-refractivity contribution >= 4 is 16.0 Å².